The van der Waals surface area contributed by atoms with Crippen LogP contribution in [0.4, 0.5) is 5.82 Å². The van der Waals surface area contributed by atoms with Gasteiger partial charge in [0.25, 0.3) is 5.91 Å². The first-order valence-corrected chi connectivity index (χ1v) is 7.72. The van der Waals surface area contributed by atoms with Crippen molar-refractivity contribution in [3.8, 4) is 0 Å². The fourth-order valence-corrected chi connectivity index (χ4v) is 2.00. The second kappa shape index (κ2) is 9.34. The van der Waals surface area contributed by atoms with Gasteiger partial charge in [0.1, 0.15) is 5.82 Å². The molecule has 0 aliphatic rings. The summed E-state index contributed by atoms with van der Waals surface area (Å²) in [7, 11) is 4.04. The molecule has 1 amide bonds. The minimum absolute atomic E-state index is 0.0839. The van der Waals surface area contributed by atoms with Crippen molar-refractivity contribution in [1.82, 2.24) is 14.8 Å². The number of carbonyl (C=O) groups excluding carboxylic acids is 1. The second-order valence-electron chi connectivity index (χ2n) is 5.45. The molecular weight excluding hydrogens is 264 g/mol. The Bertz CT molecular complexity index is 434. The highest BCUT2D eigenvalue weighted by Gasteiger charge is 2.15. The molecule has 0 aliphatic carbocycles. The number of nitrogens with one attached hydrogen (secondary N) is 1. The number of pyridine rings is 1. The number of nitrogens with zero attached hydrogens (tertiary/aromatic N) is 3. The zero-order valence-electron chi connectivity index (χ0n) is 13.7. The van der Waals surface area contributed by atoms with Crippen LogP contribution < -0.4 is 5.32 Å². The van der Waals surface area contributed by atoms with Crippen LogP contribution in [0.25, 0.3) is 0 Å². The van der Waals surface area contributed by atoms with Crippen molar-refractivity contribution < 1.29 is 4.79 Å². The van der Waals surface area contributed by atoms with E-state index in [1.165, 1.54) is 0 Å². The van der Waals surface area contributed by atoms with Crippen LogP contribution in [-0.2, 0) is 0 Å². The van der Waals surface area contributed by atoms with Crippen molar-refractivity contribution in [3.05, 3.63) is 23.9 Å². The van der Waals surface area contributed by atoms with Crippen molar-refractivity contribution in [3.63, 3.8) is 0 Å². The molecule has 0 aromatic carbocycles. The Hall–Kier alpha value is -1.62. The fourth-order valence-electron chi connectivity index (χ4n) is 2.00. The normalized spacial score (nSPS) is 10.7. The molecule has 5 heteroatoms. The molecule has 0 aliphatic heterocycles. The van der Waals surface area contributed by atoms with Gasteiger partial charge < -0.3 is 15.1 Å². The topological polar surface area (TPSA) is 48.5 Å². The lowest BCUT2D eigenvalue weighted by atomic mass is 10.2. The first kappa shape index (κ1) is 17.4. The van der Waals surface area contributed by atoms with E-state index in [0.29, 0.717) is 5.56 Å². The molecule has 1 heterocycles. The van der Waals surface area contributed by atoms with Crippen molar-refractivity contribution in [2.75, 3.05) is 45.6 Å². The van der Waals surface area contributed by atoms with Gasteiger partial charge in [0.15, 0.2) is 0 Å². The Kier molecular flexibility index (Phi) is 7.75. The van der Waals surface area contributed by atoms with Gasteiger partial charge in [-0.25, -0.2) is 4.98 Å². The molecular formula is C16H28N4O. The summed E-state index contributed by atoms with van der Waals surface area (Å²) in [6.45, 7) is 7.47. The standard InChI is InChI=1S/C16H28N4O/c1-5-8-17-15-13-14(7-9-18-15)16(21)20(10-6-2)12-11-19(3)4/h7,9,13H,5-6,8,10-12H2,1-4H3,(H,17,18). The predicted octanol–water partition coefficient (Wildman–Crippen LogP) is 2.32. The average molecular weight is 292 g/mol. The van der Waals surface area contributed by atoms with E-state index >= 15 is 0 Å². The van der Waals surface area contributed by atoms with Gasteiger partial charge in [-0.3, -0.25) is 4.79 Å². The first-order valence-electron chi connectivity index (χ1n) is 7.72. The SMILES string of the molecule is CCCNc1cc(C(=O)N(CCC)CCN(C)C)ccn1. The van der Waals surface area contributed by atoms with Crippen molar-refractivity contribution in [2.24, 2.45) is 0 Å². The molecule has 0 saturated carbocycles. The van der Waals surface area contributed by atoms with Crippen LogP contribution in [0.2, 0.25) is 0 Å². The summed E-state index contributed by atoms with van der Waals surface area (Å²) in [6, 6.07) is 3.63. The number of anilines is 1. The van der Waals surface area contributed by atoms with Gasteiger partial charge in [-0.15, -0.1) is 0 Å². The molecule has 0 atom stereocenters. The number of amides is 1. The molecule has 21 heavy (non-hydrogen) atoms. The highest BCUT2D eigenvalue weighted by Crippen LogP contribution is 2.10. The van der Waals surface area contributed by atoms with E-state index in [1.54, 1.807) is 12.3 Å². The van der Waals surface area contributed by atoms with Crippen LogP contribution >= 0.6 is 0 Å². The molecule has 1 rings (SSSR count). The molecule has 5 nitrogen and oxygen atoms in total. The predicted molar refractivity (Wildman–Crippen MR) is 87.8 cm³/mol. The van der Waals surface area contributed by atoms with Gasteiger partial charge in [-0.05, 0) is 39.1 Å². The molecule has 0 saturated heterocycles. The summed E-state index contributed by atoms with van der Waals surface area (Å²) < 4.78 is 0. The minimum Gasteiger partial charge on any atom is -0.370 e. The number of hydrogen-bond donors (Lipinski definition) is 1. The quantitative estimate of drug-likeness (QED) is 0.759. The molecule has 0 bridgehead atoms. The maximum Gasteiger partial charge on any atom is 0.254 e. The Balaban J connectivity index is 2.77. The van der Waals surface area contributed by atoms with Gasteiger partial charge >= 0.3 is 0 Å². The third-order valence-corrected chi connectivity index (χ3v) is 3.16. The summed E-state index contributed by atoms with van der Waals surface area (Å²) in [5.41, 5.74) is 0.704. The van der Waals surface area contributed by atoms with Gasteiger partial charge in [0.05, 0.1) is 0 Å². The summed E-state index contributed by atoms with van der Waals surface area (Å²) in [5.74, 6) is 0.854. The molecule has 0 fully saturated rings. The van der Waals surface area contributed by atoms with E-state index in [9.17, 15) is 4.79 Å². The lowest BCUT2D eigenvalue weighted by Gasteiger charge is -2.24. The molecule has 0 spiro atoms. The summed E-state index contributed by atoms with van der Waals surface area (Å²) in [5, 5.41) is 3.22. The van der Waals surface area contributed by atoms with Gasteiger partial charge in [0, 0.05) is 37.9 Å². The number of rotatable bonds is 9. The second-order valence-corrected chi connectivity index (χ2v) is 5.45. The Morgan fingerprint density at radius 1 is 1.19 bits per heavy atom. The Morgan fingerprint density at radius 2 is 1.95 bits per heavy atom. The fraction of sp³-hybridized carbons (Fsp3) is 0.625. The zero-order valence-corrected chi connectivity index (χ0v) is 13.7. The Labute approximate surface area is 128 Å². The third-order valence-electron chi connectivity index (χ3n) is 3.16. The van der Waals surface area contributed by atoms with E-state index in [0.717, 1.165) is 44.8 Å². The highest BCUT2D eigenvalue weighted by molar-refractivity contribution is 5.94. The highest BCUT2D eigenvalue weighted by atomic mass is 16.2. The third kappa shape index (κ3) is 6.12. The summed E-state index contributed by atoms with van der Waals surface area (Å²) in [4.78, 5) is 20.9. The number of hydrogen-bond acceptors (Lipinski definition) is 4. The molecule has 1 aromatic rings. The van der Waals surface area contributed by atoms with Crippen LogP contribution in [0, 0.1) is 0 Å². The summed E-state index contributed by atoms with van der Waals surface area (Å²) in [6.07, 6.45) is 3.69. The number of aromatic nitrogens is 1. The lowest BCUT2D eigenvalue weighted by molar-refractivity contribution is 0.0745. The van der Waals surface area contributed by atoms with Gasteiger partial charge in [0.2, 0.25) is 0 Å². The van der Waals surface area contributed by atoms with Crippen molar-refractivity contribution in [2.45, 2.75) is 26.7 Å². The van der Waals surface area contributed by atoms with E-state index in [-0.39, 0.29) is 5.91 Å². The maximum atomic E-state index is 12.6. The monoisotopic (exact) mass is 292 g/mol. The van der Waals surface area contributed by atoms with E-state index in [4.69, 9.17) is 0 Å². The molecule has 0 unspecified atom stereocenters. The maximum absolute atomic E-state index is 12.6. The van der Waals surface area contributed by atoms with Crippen molar-refractivity contribution >= 4 is 11.7 Å². The number of carbonyl (C=O) groups is 1. The van der Waals surface area contributed by atoms with Crippen LogP contribution in [-0.4, -0.2) is 61.0 Å². The van der Waals surface area contributed by atoms with Crippen molar-refractivity contribution in [1.29, 1.82) is 0 Å². The zero-order chi connectivity index (χ0) is 15.7. The van der Waals surface area contributed by atoms with Crippen LogP contribution in [0.1, 0.15) is 37.0 Å². The Morgan fingerprint density at radius 3 is 2.57 bits per heavy atom. The molecule has 118 valence electrons. The van der Waals surface area contributed by atoms with E-state index in [1.807, 2.05) is 25.1 Å². The van der Waals surface area contributed by atoms with E-state index < -0.39 is 0 Å². The van der Waals surface area contributed by atoms with Gasteiger partial charge in [-0.2, -0.15) is 0 Å². The smallest absolute Gasteiger partial charge is 0.254 e. The van der Waals surface area contributed by atoms with Gasteiger partial charge in [-0.1, -0.05) is 13.8 Å². The van der Waals surface area contributed by atoms with E-state index in [2.05, 4.69) is 29.0 Å². The largest absolute Gasteiger partial charge is 0.370 e. The first-order chi connectivity index (χ1) is 10.1. The van der Waals surface area contributed by atoms with Crippen LogP contribution in [0.3, 0.4) is 0 Å². The average Bonchev–Trinajstić information content (AvgIpc) is 2.48. The molecule has 0 radical (unpaired) electrons. The number of likely N-dealkylation sites (N-methyl/N-ethyl adjacent to an activating group) is 1. The molecule has 1 aromatic heterocycles. The summed E-state index contributed by atoms with van der Waals surface area (Å²) >= 11 is 0. The lowest BCUT2D eigenvalue weighted by Crippen LogP contribution is -2.37. The molecule has 1 N–H and O–H groups in total. The van der Waals surface area contributed by atoms with Crippen LogP contribution in [0.5, 0.6) is 0 Å². The minimum atomic E-state index is 0.0839. The van der Waals surface area contributed by atoms with Crippen LogP contribution in [0.15, 0.2) is 18.3 Å².